The largest absolute Gasteiger partial charge is 0.486 e. The van der Waals surface area contributed by atoms with Gasteiger partial charge in [-0.05, 0) is 36.6 Å². The number of carbonyl (C=O) groups is 1. The molecule has 0 amide bonds. The van der Waals surface area contributed by atoms with E-state index in [1.54, 1.807) is 0 Å². The van der Waals surface area contributed by atoms with Gasteiger partial charge in [-0.3, -0.25) is 4.79 Å². The summed E-state index contributed by atoms with van der Waals surface area (Å²) in [6.45, 7) is 3.68. The van der Waals surface area contributed by atoms with Crippen LogP contribution in [0.15, 0.2) is 48.5 Å². The first-order valence-corrected chi connectivity index (χ1v) is 8.28. The smallest absolute Gasteiger partial charge is 0.305 e. The van der Waals surface area contributed by atoms with Crippen LogP contribution in [0.2, 0.25) is 0 Å². The summed E-state index contributed by atoms with van der Waals surface area (Å²) in [7, 11) is 1.42. The molecule has 3 rings (SSSR count). The summed E-state index contributed by atoms with van der Waals surface area (Å²) in [5, 5.41) is 0. The molecule has 1 aliphatic heterocycles. The van der Waals surface area contributed by atoms with Crippen molar-refractivity contribution >= 4 is 11.7 Å². The third-order valence-corrected chi connectivity index (χ3v) is 4.29. The van der Waals surface area contributed by atoms with E-state index in [2.05, 4.69) is 48.2 Å². The van der Waals surface area contributed by atoms with Gasteiger partial charge in [0, 0.05) is 13.0 Å². The third-order valence-electron chi connectivity index (χ3n) is 4.29. The van der Waals surface area contributed by atoms with E-state index in [-0.39, 0.29) is 12.1 Å². The van der Waals surface area contributed by atoms with E-state index in [9.17, 15) is 4.79 Å². The van der Waals surface area contributed by atoms with Crippen molar-refractivity contribution in [2.24, 2.45) is 0 Å². The number of aryl methyl sites for hydroxylation is 1. The zero-order valence-corrected chi connectivity index (χ0v) is 14.2. The van der Waals surface area contributed by atoms with E-state index < -0.39 is 0 Å². The molecular weight excluding hydrogens is 302 g/mol. The molecule has 0 saturated carbocycles. The van der Waals surface area contributed by atoms with Crippen LogP contribution in [0.1, 0.15) is 24.0 Å². The summed E-state index contributed by atoms with van der Waals surface area (Å²) >= 11 is 0. The average molecular weight is 325 g/mol. The van der Waals surface area contributed by atoms with E-state index in [0.29, 0.717) is 12.8 Å². The molecule has 1 heterocycles. The maximum Gasteiger partial charge on any atom is 0.305 e. The molecule has 0 aliphatic carbocycles. The predicted octanol–water partition coefficient (Wildman–Crippen LogP) is 3.72. The van der Waals surface area contributed by atoms with Crippen LogP contribution in [0.4, 0.5) is 5.69 Å². The first-order valence-electron chi connectivity index (χ1n) is 8.28. The second-order valence-electron chi connectivity index (χ2n) is 6.19. The minimum Gasteiger partial charge on any atom is -0.486 e. The van der Waals surface area contributed by atoms with Crippen molar-refractivity contribution in [3.05, 3.63) is 59.7 Å². The minimum atomic E-state index is -0.192. The summed E-state index contributed by atoms with van der Waals surface area (Å²) in [6, 6.07) is 16.6. The van der Waals surface area contributed by atoms with Crippen LogP contribution < -0.4 is 9.64 Å². The number of esters is 1. The van der Waals surface area contributed by atoms with Crippen molar-refractivity contribution in [2.45, 2.75) is 32.4 Å². The molecule has 0 spiro atoms. The highest BCUT2D eigenvalue weighted by molar-refractivity contribution is 5.69. The summed E-state index contributed by atoms with van der Waals surface area (Å²) in [6.07, 6.45) is 1.02. The number of benzene rings is 2. The number of carbonyl (C=O) groups excluding carboxylic acids is 1. The number of anilines is 1. The molecule has 24 heavy (non-hydrogen) atoms. The number of hydrogen-bond acceptors (Lipinski definition) is 4. The van der Waals surface area contributed by atoms with Gasteiger partial charge in [0.05, 0.1) is 19.3 Å². The highest BCUT2D eigenvalue weighted by atomic mass is 16.5. The molecule has 1 atom stereocenters. The van der Waals surface area contributed by atoms with Crippen LogP contribution >= 0.6 is 0 Å². The van der Waals surface area contributed by atoms with Crippen molar-refractivity contribution in [3.8, 4) is 5.75 Å². The van der Waals surface area contributed by atoms with Crippen LogP contribution in [0.25, 0.3) is 0 Å². The van der Waals surface area contributed by atoms with Gasteiger partial charge in [-0.2, -0.15) is 0 Å². The van der Waals surface area contributed by atoms with Crippen molar-refractivity contribution in [1.82, 2.24) is 0 Å². The molecule has 0 N–H and O–H groups in total. The zero-order chi connectivity index (χ0) is 16.9. The Morgan fingerprint density at radius 1 is 1.25 bits per heavy atom. The molecule has 2 aromatic rings. The van der Waals surface area contributed by atoms with Crippen molar-refractivity contribution in [3.63, 3.8) is 0 Å². The number of fused-ring (bicyclic) bond motifs is 1. The molecule has 1 aliphatic rings. The molecule has 4 nitrogen and oxygen atoms in total. The molecular formula is C20H23NO3. The monoisotopic (exact) mass is 325 g/mol. The molecule has 0 unspecified atom stereocenters. The number of rotatable bonds is 5. The fourth-order valence-electron chi connectivity index (χ4n) is 3.02. The number of nitrogens with zero attached hydrogens (tertiary/aromatic N) is 1. The standard InChI is InChI=1S/C20H23NO3/c1-15-8-10-19-18(12-15)21(13-16-6-4-3-5-7-16)14-17(24-19)9-11-20(22)23-2/h3-8,10,12,17H,9,11,13-14H2,1-2H3/t17-/m0/s1. The highest BCUT2D eigenvalue weighted by Gasteiger charge is 2.26. The van der Waals surface area contributed by atoms with Gasteiger partial charge in [0.25, 0.3) is 0 Å². The lowest BCUT2D eigenvalue weighted by molar-refractivity contribution is -0.141. The van der Waals surface area contributed by atoms with Gasteiger partial charge >= 0.3 is 5.97 Å². The highest BCUT2D eigenvalue weighted by Crippen LogP contribution is 2.36. The maximum absolute atomic E-state index is 11.4. The van der Waals surface area contributed by atoms with Crippen molar-refractivity contribution < 1.29 is 14.3 Å². The lowest BCUT2D eigenvalue weighted by atomic mass is 10.1. The van der Waals surface area contributed by atoms with Gasteiger partial charge in [0.2, 0.25) is 0 Å². The van der Waals surface area contributed by atoms with Gasteiger partial charge < -0.3 is 14.4 Å². The Hall–Kier alpha value is -2.49. The van der Waals surface area contributed by atoms with E-state index >= 15 is 0 Å². The molecule has 4 heteroatoms. The third kappa shape index (κ3) is 3.88. The van der Waals surface area contributed by atoms with Gasteiger partial charge in [-0.15, -0.1) is 0 Å². The van der Waals surface area contributed by atoms with Crippen molar-refractivity contribution in [1.29, 1.82) is 0 Å². The van der Waals surface area contributed by atoms with Gasteiger partial charge in [-0.1, -0.05) is 36.4 Å². The summed E-state index contributed by atoms with van der Waals surface area (Å²) < 4.78 is 10.8. The Morgan fingerprint density at radius 3 is 2.79 bits per heavy atom. The summed E-state index contributed by atoms with van der Waals surface area (Å²) in [5.74, 6) is 0.695. The zero-order valence-electron chi connectivity index (χ0n) is 14.2. The van der Waals surface area contributed by atoms with Gasteiger partial charge in [0.15, 0.2) is 0 Å². The average Bonchev–Trinajstić information content (AvgIpc) is 2.61. The second kappa shape index (κ2) is 7.39. The van der Waals surface area contributed by atoms with E-state index in [1.807, 2.05) is 12.1 Å². The first kappa shape index (κ1) is 16.4. The van der Waals surface area contributed by atoms with Crippen LogP contribution in [0, 0.1) is 6.92 Å². The quantitative estimate of drug-likeness (QED) is 0.786. The fraction of sp³-hybridized carbons (Fsp3) is 0.350. The number of ether oxygens (including phenoxy) is 2. The topological polar surface area (TPSA) is 38.8 Å². The van der Waals surface area contributed by atoms with Crippen LogP contribution in [0.3, 0.4) is 0 Å². The van der Waals surface area contributed by atoms with E-state index in [1.165, 1.54) is 18.2 Å². The molecule has 126 valence electrons. The summed E-state index contributed by atoms with van der Waals surface area (Å²) in [5.41, 5.74) is 3.59. The first-order chi connectivity index (χ1) is 11.7. The Labute approximate surface area is 143 Å². The maximum atomic E-state index is 11.4. The predicted molar refractivity (Wildman–Crippen MR) is 94.3 cm³/mol. The van der Waals surface area contributed by atoms with Gasteiger partial charge in [-0.25, -0.2) is 0 Å². The molecule has 0 saturated heterocycles. The van der Waals surface area contributed by atoms with E-state index in [4.69, 9.17) is 9.47 Å². The molecule has 0 radical (unpaired) electrons. The normalized spacial score (nSPS) is 16.2. The second-order valence-corrected chi connectivity index (χ2v) is 6.19. The fourth-order valence-corrected chi connectivity index (χ4v) is 3.02. The summed E-state index contributed by atoms with van der Waals surface area (Å²) in [4.78, 5) is 13.8. The molecule has 0 aromatic heterocycles. The Bertz CT molecular complexity index is 699. The van der Waals surface area contributed by atoms with E-state index in [0.717, 1.165) is 24.5 Å². The number of hydrogen-bond donors (Lipinski definition) is 0. The Balaban J connectivity index is 1.80. The SMILES string of the molecule is COC(=O)CC[C@H]1CN(Cc2ccccc2)c2cc(C)ccc2O1. The van der Waals surface area contributed by atoms with Crippen LogP contribution in [0.5, 0.6) is 5.75 Å². The van der Waals surface area contributed by atoms with Crippen LogP contribution in [-0.4, -0.2) is 25.7 Å². The van der Waals surface area contributed by atoms with Crippen LogP contribution in [-0.2, 0) is 16.1 Å². The molecule has 0 fully saturated rings. The van der Waals surface area contributed by atoms with Crippen molar-refractivity contribution in [2.75, 3.05) is 18.6 Å². The van der Waals surface area contributed by atoms with Gasteiger partial charge in [0.1, 0.15) is 11.9 Å². The minimum absolute atomic E-state index is 0.0111. The Kier molecular flexibility index (Phi) is 5.04. The Morgan fingerprint density at radius 2 is 2.04 bits per heavy atom. The molecule has 2 aromatic carbocycles. The molecule has 0 bridgehead atoms. The lowest BCUT2D eigenvalue weighted by Gasteiger charge is -2.36. The number of methoxy groups -OCH3 is 1. The lowest BCUT2D eigenvalue weighted by Crippen LogP contribution is -2.40.